The summed E-state index contributed by atoms with van der Waals surface area (Å²) >= 11 is 6.31. The van der Waals surface area contributed by atoms with Crippen molar-refractivity contribution in [1.82, 2.24) is 10.2 Å². The van der Waals surface area contributed by atoms with Crippen molar-refractivity contribution in [1.29, 1.82) is 0 Å². The summed E-state index contributed by atoms with van der Waals surface area (Å²) in [5.41, 5.74) is 2.70. The number of anilines is 1. The van der Waals surface area contributed by atoms with Crippen LogP contribution in [-0.4, -0.2) is 44.4 Å². The van der Waals surface area contributed by atoms with Crippen LogP contribution in [0.2, 0.25) is 5.02 Å². The third-order valence-corrected chi connectivity index (χ3v) is 12.0. The van der Waals surface area contributed by atoms with Crippen molar-refractivity contribution in [3.63, 3.8) is 0 Å². The van der Waals surface area contributed by atoms with Gasteiger partial charge in [0.2, 0.25) is 0 Å². The first kappa shape index (κ1) is 32.2. The first-order chi connectivity index (χ1) is 23.2. The third-order valence-electron chi connectivity index (χ3n) is 9.81. The number of ether oxygens (including phenoxy) is 1. The number of carbonyl (C=O) groups excluding carboxylic acids is 2. The Morgan fingerprint density at radius 2 is 1.60 bits per heavy atom. The largest absolute Gasteiger partial charge is 0.445 e. The molecule has 11 heteroatoms. The van der Waals surface area contributed by atoms with Crippen molar-refractivity contribution in [2.75, 3.05) is 17.4 Å². The van der Waals surface area contributed by atoms with Gasteiger partial charge in [0.25, 0.3) is 15.9 Å². The number of piperidine rings is 1. The number of benzene rings is 4. The van der Waals surface area contributed by atoms with E-state index in [2.05, 4.69) is 5.32 Å². The lowest BCUT2D eigenvalue weighted by Gasteiger charge is -2.44. The third kappa shape index (κ3) is 6.03. The minimum Gasteiger partial charge on any atom is -0.445 e. The Morgan fingerprint density at radius 3 is 2.29 bits per heavy atom. The maximum Gasteiger partial charge on any atom is 0.410 e. The number of rotatable bonds is 8. The second-order valence-electron chi connectivity index (χ2n) is 12.7. The van der Waals surface area contributed by atoms with Gasteiger partial charge in [0, 0.05) is 35.6 Å². The number of halogens is 2. The summed E-state index contributed by atoms with van der Waals surface area (Å²) in [5, 5.41) is 3.50. The number of fused-ring (bicyclic) bond motifs is 2. The number of hydrogen-bond acceptors (Lipinski definition) is 5. The van der Waals surface area contributed by atoms with Gasteiger partial charge in [-0.05, 0) is 96.8 Å². The molecular formula is C37H35ClFN3O5S. The summed E-state index contributed by atoms with van der Waals surface area (Å²) < 4.78 is 49.8. The Kier molecular flexibility index (Phi) is 8.64. The lowest BCUT2D eigenvalue weighted by Crippen LogP contribution is -2.54. The Labute approximate surface area is 284 Å². The Hall–Kier alpha value is -4.41. The van der Waals surface area contributed by atoms with Crippen molar-refractivity contribution in [2.45, 2.75) is 55.2 Å². The van der Waals surface area contributed by atoms with E-state index in [0.29, 0.717) is 42.2 Å². The molecule has 7 rings (SSSR count). The van der Waals surface area contributed by atoms with Crippen LogP contribution in [0.1, 0.15) is 52.7 Å². The molecule has 1 saturated carbocycles. The predicted octanol–water partition coefficient (Wildman–Crippen LogP) is 7.07. The van der Waals surface area contributed by atoms with Gasteiger partial charge in [0.1, 0.15) is 12.4 Å². The Bertz CT molecular complexity index is 1950. The van der Waals surface area contributed by atoms with E-state index in [-0.39, 0.29) is 29.9 Å². The van der Waals surface area contributed by atoms with Crippen LogP contribution in [0.4, 0.5) is 14.9 Å². The number of hydrogen-bond donors (Lipinski definition) is 1. The average molecular weight is 688 g/mol. The van der Waals surface area contributed by atoms with E-state index in [1.807, 2.05) is 54.6 Å². The first-order valence-corrected chi connectivity index (χ1v) is 17.9. The fraction of sp³-hybridized carbons (Fsp3) is 0.297. The molecule has 1 unspecified atom stereocenters. The molecule has 2 amide bonds. The molecule has 2 fully saturated rings. The number of amides is 2. The van der Waals surface area contributed by atoms with E-state index in [0.717, 1.165) is 41.7 Å². The maximum absolute atomic E-state index is 14.4. The first-order valence-electron chi connectivity index (χ1n) is 16.1. The zero-order valence-corrected chi connectivity index (χ0v) is 27.7. The van der Waals surface area contributed by atoms with Crippen LogP contribution in [0.15, 0.2) is 102 Å². The van der Waals surface area contributed by atoms with Crippen molar-refractivity contribution in [3.05, 3.63) is 130 Å². The minimum atomic E-state index is -4.11. The standard InChI is InChI=1S/C37H35ClFN3O5S/c38-32-9-5-4-8-28(32)23-40-35(43)27-12-17-33-31(22-27)37(18-20-41(21-19-37)36(44)47-24-25-6-2-1-3-7-25)34(26-10-11-26)42(33)48(45,46)30-15-13-29(39)14-16-30/h1-9,12-17,22,26,34H,10-11,18-21,23-24H2,(H,40,43). The molecule has 2 heterocycles. The molecule has 4 aromatic rings. The molecule has 48 heavy (non-hydrogen) atoms. The van der Waals surface area contributed by atoms with Crippen LogP contribution in [0.3, 0.4) is 0 Å². The van der Waals surface area contributed by atoms with Gasteiger partial charge < -0.3 is 15.0 Å². The van der Waals surface area contributed by atoms with Crippen molar-refractivity contribution in [2.24, 2.45) is 5.92 Å². The van der Waals surface area contributed by atoms with E-state index < -0.39 is 33.4 Å². The van der Waals surface area contributed by atoms with Crippen molar-refractivity contribution >= 4 is 39.3 Å². The molecule has 1 atom stereocenters. The topological polar surface area (TPSA) is 96.0 Å². The van der Waals surface area contributed by atoms with Gasteiger partial charge in [-0.25, -0.2) is 17.6 Å². The number of nitrogens with one attached hydrogen (secondary N) is 1. The molecule has 8 nitrogen and oxygen atoms in total. The van der Waals surface area contributed by atoms with Gasteiger partial charge in [-0.2, -0.15) is 0 Å². The van der Waals surface area contributed by atoms with Gasteiger partial charge in [-0.1, -0.05) is 60.1 Å². The normalized spacial score (nSPS) is 18.4. The molecule has 0 radical (unpaired) electrons. The summed E-state index contributed by atoms with van der Waals surface area (Å²) in [5.74, 6) is -0.732. The highest BCUT2D eigenvalue weighted by Crippen LogP contribution is 2.59. The zero-order valence-electron chi connectivity index (χ0n) is 26.1. The highest BCUT2D eigenvalue weighted by Gasteiger charge is 2.60. The highest BCUT2D eigenvalue weighted by molar-refractivity contribution is 7.92. The fourth-order valence-corrected chi connectivity index (χ4v) is 9.24. The van der Waals surface area contributed by atoms with E-state index in [9.17, 15) is 22.4 Å². The average Bonchev–Trinajstić information content (AvgIpc) is 3.91. The summed E-state index contributed by atoms with van der Waals surface area (Å²) in [6.45, 7) is 1.12. The summed E-state index contributed by atoms with van der Waals surface area (Å²) in [7, 11) is -4.11. The van der Waals surface area contributed by atoms with Crippen molar-refractivity contribution < 1.29 is 27.1 Å². The number of carbonyl (C=O) groups is 2. The van der Waals surface area contributed by atoms with Gasteiger partial charge in [-0.15, -0.1) is 0 Å². The van der Waals surface area contributed by atoms with Crippen molar-refractivity contribution in [3.8, 4) is 0 Å². The summed E-state index contributed by atoms with van der Waals surface area (Å²) in [6, 6.07) is 26.4. The second kappa shape index (κ2) is 12.9. The van der Waals surface area contributed by atoms with Crippen LogP contribution in [0, 0.1) is 11.7 Å². The van der Waals surface area contributed by atoms with Crippen LogP contribution >= 0.6 is 11.6 Å². The van der Waals surface area contributed by atoms with Crippen LogP contribution in [-0.2, 0) is 33.3 Å². The van der Waals surface area contributed by atoms with Crippen LogP contribution in [0.25, 0.3) is 0 Å². The minimum absolute atomic E-state index is 0.000958. The maximum atomic E-state index is 14.4. The van der Waals surface area contributed by atoms with E-state index in [4.69, 9.17) is 16.3 Å². The SMILES string of the molecule is O=C(NCc1ccccc1Cl)c1ccc2c(c1)C1(CCN(C(=O)OCc3ccccc3)CC1)C(C1CC1)N2S(=O)(=O)c1ccc(F)cc1. The summed E-state index contributed by atoms with van der Waals surface area (Å²) in [6.07, 6.45) is 2.29. The highest BCUT2D eigenvalue weighted by atomic mass is 35.5. The second-order valence-corrected chi connectivity index (χ2v) is 14.9. The van der Waals surface area contributed by atoms with Gasteiger partial charge >= 0.3 is 6.09 Å². The number of likely N-dealkylation sites (tertiary alicyclic amines) is 1. The molecule has 1 aliphatic carbocycles. The molecule has 0 aromatic heterocycles. The Morgan fingerprint density at radius 1 is 0.917 bits per heavy atom. The van der Waals surface area contributed by atoms with Gasteiger partial charge in [0.05, 0.1) is 16.6 Å². The molecular weight excluding hydrogens is 653 g/mol. The van der Waals surface area contributed by atoms with Gasteiger partial charge in [-0.3, -0.25) is 9.10 Å². The van der Waals surface area contributed by atoms with Crippen LogP contribution < -0.4 is 9.62 Å². The molecule has 4 aromatic carbocycles. The smallest absolute Gasteiger partial charge is 0.410 e. The molecule has 0 bridgehead atoms. The molecule has 2 aliphatic heterocycles. The molecule has 3 aliphatic rings. The number of nitrogens with zero attached hydrogens (tertiary/aromatic N) is 2. The lowest BCUT2D eigenvalue weighted by atomic mass is 9.68. The molecule has 1 saturated heterocycles. The Balaban J connectivity index is 1.22. The molecule has 1 N–H and O–H groups in total. The zero-order chi connectivity index (χ0) is 33.5. The van der Waals surface area contributed by atoms with E-state index >= 15 is 0 Å². The monoisotopic (exact) mass is 687 g/mol. The molecule has 1 spiro atoms. The quantitative estimate of drug-likeness (QED) is 0.214. The van der Waals surface area contributed by atoms with Gasteiger partial charge in [0.15, 0.2) is 0 Å². The van der Waals surface area contributed by atoms with E-state index in [1.165, 1.54) is 16.4 Å². The van der Waals surface area contributed by atoms with Crippen LogP contribution in [0.5, 0.6) is 0 Å². The molecule has 248 valence electrons. The lowest BCUT2D eigenvalue weighted by molar-refractivity contribution is 0.0737. The van der Waals surface area contributed by atoms with E-state index in [1.54, 1.807) is 23.1 Å². The summed E-state index contributed by atoms with van der Waals surface area (Å²) in [4.78, 5) is 28.3. The number of sulfonamides is 1. The fourth-order valence-electron chi connectivity index (χ4n) is 7.24. The predicted molar refractivity (Wildman–Crippen MR) is 181 cm³/mol.